The molecule has 4 heteroatoms. The van der Waals surface area contributed by atoms with Gasteiger partial charge in [-0.15, -0.1) is 0 Å². The molecule has 0 spiro atoms. The number of aliphatic hydroxyl groups excluding tert-OH is 1. The fraction of sp³-hybridized carbons (Fsp3) is 1.00. The van der Waals surface area contributed by atoms with E-state index in [1.165, 1.54) is 0 Å². The van der Waals surface area contributed by atoms with Crippen LogP contribution in [-0.2, 0) is 4.74 Å². The molecule has 1 aliphatic rings. The molecule has 3 nitrogen and oxygen atoms in total. The number of hydrogen-bond acceptors (Lipinski definition) is 3. The van der Waals surface area contributed by atoms with Crippen LogP contribution in [0.25, 0.3) is 0 Å². The second-order valence-corrected chi connectivity index (χ2v) is 3.94. The van der Waals surface area contributed by atoms with Crippen molar-refractivity contribution >= 4 is 0 Å². The first-order valence-corrected chi connectivity index (χ1v) is 5.65. The van der Waals surface area contributed by atoms with Gasteiger partial charge in [-0.1, -0.05) is 0 Å². The van der Waals surface area contributed by atoms with Crippen LogP contribution in [-0.4, -0.2) is 28.9 Å². The Balaban J connectivity index is 2.22. The van der Waals surface area contributed by atoms with Crippen LogP contribution in [0.5, 0.6) is 0 Å². The van der Waals surface area contributed by atoms with Crippen LogP contribution < -0.4 is 25.4 Å². The van der Waals surface area contributed by atoms with Gasteiger partial charge in [0.2, 0.25) is 0 Å². The molecule has 0 radical (unpaired) electrons. The van der Waals surface area contributed by atoms with Crippen LogP contribution in [0.3, 0.4) is 0 Å². The van der Waals surface area contributed by atoms with E-state index < -0.39 is 0 Å². The molecular formula is C5H11INO2-. The van der Waals surface area contributed by atoms with Gasteiger partial charge in [0.1, 0.15) is 0 Å². The molecule has 1 rings (SSSR count). The van der Waals surface area contributed by atoms with E-state index in [1.54, 1.807) is 0 Å². The van der Waals surface area contributed by atoms with E-state index in [0.29, 0.717) is 19.1 Å². The molecule has 1 heterocycles. The molecule has 0 aromatic carbocycles. The summed E-state index contributed by atoms with van der Waals surface area (Å²) in [4.78, 5) is 0. The first kappa shape index (κ1) is 7.71. The molecule has 1 aliphatic heterocycles. The zero-order valence-corrected chi connectivity index (χ0v) is 7.24. The molecule has 0 aromatic heterocycles. The van der Waals surface area contributed by atoms with Gasteiger partial charge >= 0.3 is 64.9 Å². The Bertz CT molecular complexity index is 91.0. The number of hydrogen-bond donors (Lipinski definition) is 2. The number of halogens is 1. The van der Waals surface area contributed by atoms with E-state index in [4.69, 9.17) is 13.8 Å². The summed E-state index contributed by atoms with van der Waals surface area (Å²) < 4.78 is 11.4. The van der Waals surface area contributed by atoms with Crippen molar-refractivity contribution in [1.29, 1.82) is 0 Å². The molecule has 0 aromatic rings. The van der Waals surface area contributed by atoms with Crippen molar-refractivity contribution in [1.82, 2.24) is 0 Å². The predicted octanol–water partition coefficient (Wildman–Crippen LogP) is -4.04. The second kappa shape index (κ2) is 3.70. The Morgan fingerprint density at radius 3 is 2.89 bits per heavy atom. The molecule has 3 N–H and O–H groups in total. The summed E-state index contributed by atoms with van der Waals surface area (Å²) >= 11 is -0.173. The predicted molar refractivity (Wildman–Crippen MR) is 29.4 cm³/mol. The van der Waals surface area contributed by atoms with Gasteiger partial charge in [-0.2, -0.15) is 0 Å². The van der Waals surface area contributed by atoms with E-state index >= 15 is 0 Å². The number of ether oxygens (including phenoxy) is 1. The van der Waals surface area contributed by atoms with Crippen molar-refractivity contribution in [3.05, 3.63) is 0 Å². The monoisotopic (exact) mass is 244 g/mol. The molecule has 1 fully saturated rings. The number of rotatable bonds is 2. The van der Waals surface area contributed by atoms with E-state index in [2.05, 4.69) is 0 Å². The van der Waals surface area contributed by atoms with Crippen molar-refractivity contribution in [3.63, 3.8) is 0 Å². The molecule has 9 heavy (non-hydrogen) atoms. The van der Waals surface area contributed by atoms with Crippen molar-refractivity contribution in [2.75, 3.05) is 17.6 Å². The summed E-state index contributed by atoms with van der Waals surface area (Å²) in [6.07, 6.45) is -0.242. The first-order chi connectivity index (χ1) is 4.34. The Morgan fingerprint density at radius 2 is 2.44 bits per heavy atom. The van der Waals surface area contributed by atoms with E-state index in [0.717, 1.165) is 4.43 Å². The molecule has 0 saturated carbocycles. The van der Waals surface area contributed by atoms with E-state index in [1.807, 2.05) is 0 Å². The van der Waals surface area contributed by atoms with Crippen LogP contribution in [0.4, 0.5) is 0 Å². The van der Waals surface area contributed by atoms with Gasteiger partial charge in [-0.3, -0.25) is 0 Å². The van der Waals surface area contributed by atoms with Crippen LogP contribution in [0.1, 0.15) is 0 Å². The van der Waals surface area contributed by atoms with Crippen LogP contribution in [0.15, 0.2) is 0 Å². The van der Waals surface area contributed by atoms with Gasteiger partial charge in [0, 0.05) is 0 Å². The van der Waals surface area contributed by atoms with E-state index in [-0.39, 0.29) is 27.6 Å². The third kappa shape index (κ3) is 2.03. The Morgan fingerprint density at radius 1 is 1.67 bits per heavy atom. The molecule has 0 bridgehead atoms. The molecule has 0 amide bonds. The third-order valence-corrected chi connectivity index (χ3v) is 3.09. The van der Waals surface area contributed by atoms with Gasteiger partial charge in [0.05, 0.1) is 0 Å². The van der Waals surface area contributed by atoms with Gasteiger partial charge in [-0.25, -0.2) is 0 Å². The minimum absolute atomic E-state index is 0.173. The Labute approximate surface area is 65.2 Å². The van der Waals surface area contributed by atoms with Crippen molar-refractivity contribution in [2.24, 2.45) is 9.86 Å². The summed E-state index contributed by atoms with van der Waals surface area (Å²) in [5.41, 5.74) is 0. The van der Waals surface area contributed by atoms with Crippen molar-refractivity contribution in [3.8, 4) is 0 Å². The van der Waals surface area contributed by atoms with Crippen LogP contribution in [0, 0.1) is 5.92 Å². The second-order valence-electron chi connectivity index (χ2n) is 2.17. The van der Waals surface area contributed by atoms with Gasteiger partial charge in [0.15, 0.2) is 0 Å². The number of alkyl halides is 1. The molecule has 1 unspecified atom stereocenters. The maximum atomic E-state index is 9.16. The summed E-state index contributed by atoms with van der Waals surface area (Å²) in [5, 5.41) is 9.16. The summed E-state index contributed by atoms with van der Waals surface area (Å²) in [7, 11) is 0. The SMILES string of the molecule is N[I-]C[C@H]1COCC1O. The third-order valence-electron chi connectivity index (χ3n) is 1.45. The Hall–Kier alpha value is 0.610. The normalized spacial score (nSPS) is 35.8. The standard InChI is InChI=1S/C5H11INO2/c7-6-1-4-2-9-3-5(4)8/h4-5,8H,1-3,7H2/q-1/t4-,5?/m0/s1. The maximum absolute atomic E-state index is 9.16. The average molecular weight is 244 g/mol. The topological polar surface area (TPSA) is 55.5 Å². The first-order valence-electron chi connectivity index (χ1n) is 2.88. The number of nitrogens with two attached hydrogens (primary N) is 1. The van der Waals surface area contributed by atoms with Gasteiger partial charge in [-0.05, 0) is 0 Å². The zero-order chi connectivity index (χ0) is 6.69. The van der Waals surface area contributed by atoms with Gasteiger partial charge in [0.25, 0.3) is 0 Å². The molecule has 56 valence electrons. The summed E-state index contributed by atoms with van der Waals surface area (Å²) in [6, 6.07) is 0. The summed E-state index contributed by atoms with van der Waals surface area (Å²) in [5.74, 6) is 0.336. The number of aliphatic hydroxyl groups is 1. The fourth-order valence-electron chi connectivity index (χ4n) is 0.849. The molecular weight excluding hydrogens is 233 g/mol. The Kier molecular flexibility index (Phi) is 3.17. The van der Waals surface area contributed by atoms with E-state index in [9.17, 15) is 0 Å². The zero-order valence-electron chi connectivity index (χ0n) is 5.09. The van der Waals surface area contributed by atoms with Crippen LogP contribution in [0.2, 0.25) is 0 Å². The molecule has 2 atom stereocenters. The van der Waals surface area contributed by atoms with Crippen molar-refractivity contribution < 1.29 is 31.3 Å². The summed E-state index contributed by atoms with van der Waals surface area (Å²) in [6.45, 7) is 1.21. The molecule has 1 saturated heterocycles. The average Bonchev–Trinajstić information content (AvgIpc) is 2.18. The quantitative estimate of drug-likeness (QED) is 0.295. The van der Waals surface area contributed by atoms with Gasteiger partial charge < -0.3 is 0 Å². The fourth-order valence-corrected chi connectivity index (χ4v) is 2.34. The van der Waals surface area contributed by atoms with Crippen molar-refractivity contribution in [2.45, 2.75) is 6.10 Å². The minimum atomic E-state index is -0.242. The van der Waals surface area contributed by atoms with Crippen LogP contribution >= 0.6 is 0 Å². The molecule has 0 aliphatic carbocycles.